The number of carbonyl (C=O) groups is 3. The van der Waals surface area contributed by atoms with Crippen LogP contribution >= 0.6 is 0 Å². The number of carboxylic acids is 1. The van der Waals surface area contributed by atoms with Crippen molar-refractivity contribution in [2.75, 3.05) is 41.7 Å². The lowest BCUT2D eigenvalue weighted by molar-refractivity contribution is -0.193. The molecule has 0 aliphatic carbocycles. The third-order valence-electron chi connectivity index (χ3n) is 9.51. The number of ketones is 2. The summed E-state index contributed by atoms with van der Waals surface area (Å²) in [6, 6.07) is 22.1. The first-order chi connectivity index (χ1) is 26.7. The van der Waals surface area contributed by atoms with Crippen molar-refractivity contribution in [2.24, 2.45) is 0 Å². The number of pyridine rings is 1. The maximum Gasteiger partial charge on any atom is 0.458 e. The van der Waals surface area contributed by atoms with Gasteiger partial charge in [-0.1, -0.05) is 67.6 Å². The molecule has 56 heavy (non-hydrogen) atoms. The second kappa shape index (κ2) is 18.4. The number of aryl methyl sites for hydroxylation is 1. The number of alkyl halides is 6. The number of rotatable bonds is 12. The molecule has 0 unspecified atom stereocenters. The molecular formula is C39H41F6N7O4. The van der Waals surface area contributed by atoms with Crippen LogP contribution in [0, 0.1) is 0 Å². The Morgan fingerprint density at radius 2 is 1.54 bits per heavy atom. The molecule has 4 aromatic rings. The minimum Gasteiger partial charge on any atom is -0.480 e. The van der Waals surface area contributed by atoms with Gasteiger partial charge in [0, 0.05) is 49.9 Å². The Morgan fingerprint density at radius 3 is 2.14 bits per heavy atom. The normalized spacial score (nSPS) is 15.1. The summed E-state index contributed by atoms with van der Waals surface area (Å²) in [5.41, 5.74) is 6.84. The van der Waals surface area contributed by atoms with E-state index < -0.39 is 35.9 Å². The molecule has 4 heterocycles. The van der Waals surface area contributed by atoms with Crippen LogP contribution in [0.5, 0.6) is 0 Å². The third kappa shape index (κ3) is 10.8. The van der Waals surface area contributed by atoms with Crippen molar-refractivity contribution in [1.82, 2.24) is 20.3 Å². The van der Waals surface area contributed by atoms with Crippen LogP contribution in [0.2, 0.25) is 0 Å². The number of benzene rings is 2. The first-order valence-corrected chi connectivity index (χ1v) is 18.0. The lowest BCUT2D eigenvalue weighted by Crippen LogP contribution is -2.42. The second-order valence-corrected chi connectivity index (χ2v) is 13.3. The summed E-state index contributed by atoms with van der Waals surface area (Å²) < 4.78 is 67.0. The smallest absolute Gasteiger partial charge is 0.458 e. The number of hydrogen-bond donors (Lipinski definition) is 4. The Hall–Kier alpha value is -5.58. The molecule has 1 fully saturated rings. The van der Waals surface area contributed by atoms with Gasteiger partial charge < -0.3 is 20.6 Å². The summed E-state index contributed by atoms with van der Waals surface area (Å²) in [7, 11) is 0. The van der Waals surface area contributed by atoms with Gasteiger partial charge in [0.15, 0.2) is 0 Å². The summed E-state index contributed by atoms with van der Waals surface area (Å²) in [6.07, 6.45) is -4.92. The first kappa shape index (κ1) is 41.6. The highest BCUT2D eigenvalue weighted by molar-refractivity contribution is 6.41. The van der Waals surface area contributed by atoms with Gasteiger partial charge in [-0.3, -0.25) is 19.7 Å². The zero-order valence-electron chi connectivity index (χ0n) is 30.4. The maximum absolute atomic E-state index is 12.1. The minimum absolute atomic E-state index is 0.209. The van der Waals surface area contributed by atoms with E-state index in [9.17, 15) is 45.8 Å². The minimum atomic E-state index is -5.77. The molecule has 0 amide bonds. The van der Waals surface area contributed by atoms with Crippen LogP contribution in [0.25, 0.3) is 11.1 Å². The number of nitrogens with one attached hydrogen (secondary N) is 3. The van der Waals surface area contributed by atoms with Gasteiger partial charge in [-0.25, -0.2) is 15.0 Å². The van der Waals surface area contributed by atoms with Gasteiger partial charge in [0.1, 0.15) is 29.8 Å². The Kier molecular flexibility index (Phi) is 13.6. The van der Waals surface area contributed by atoms with E-state index in [1.165, 1.54) is 17.7 Å². The fraction of sp³-hybridized carbons (Fsp3) is 0.385. The molecule has 0 radical (unpaired) electrons. The Labute approximate surface area is 319 Å². The second-order valence-electron chi connectivity index (χ2n) is 13.3. The van der Waals surface area contributed by atoms with Gasteiger partial charge in [0.25, 0.3) is 0 Å². The predicted molar refractivity (Wildman–Crippen MR) is 197 cm³/mol. The van der Waals surface area contributed by atoms with Gasteiger partial charge in [-0.05, 0) is 60.4 Å². The lowest BCUT2D eigenvalue weighted by atomic mass is 9.92. The summed E-state index contributed by atoms with van der Waals surface area (Å²) >= 11 is 0. The highest BCUT2D eigenvalue weighted by Crippen LogP contribution is 2.33. The summed E-state index contributed by atoms with van der Waals surface area (Å²) in [4.78, 5) is 47.8. The van der Waals surface area contributed by atoms with Gasteiger partial charge in [0.05, 0.1) is 0 Å². The highest BCUT2D eigenvalue weighted by atomic mass is 19.4. The number of nitrogens with zero attached hydrogens (tertiary/aromatic N) is 4. The number of fused-ring (bicyclic) bond motifs is 1. The molecule has 2 aliphatic rings. The van der Waals surface area contributed by atoms with Crippen LogP contribution in [0.4, 0.5) is 43.8 Å². The van der Waals surface area contributed by atoms with Gasteiger partial charge in [-0.2, -0.15) is 26.3 Å². The number of piperidine rings is 1. The van der Waals surface area contributed by atoms with Crippen molar-refractivity contribution in [2.45, 2.75) is 69.9 Å². The molecule has 6 rings (SSSR count). The van der Waals surface area contributed by atoms with Gasteiger partial charge in [0.2, 0.25) is 0 Å². The number of anilines is 3. The van der Waals surface area contributed by atoms with Crippen molar-refractivity contribution in [3.63, 3.8) is 0 Å². The van der Waals surface area contributed by atoms with Crippen LogP contribution in [-0.2, 0) is 33.8 Å². The molecule has 2 aromatic heterocycles. The van der Waals surface area contributed by atoms with Crippen molar-refractivity contribution in [1.29, 1.82) is 0 Å². The molecule has 1 atom stereocenters. The van der Waals surface area contributed by atoms with E-state index in [-0.39, 0.29) is 6.54 Å². The van der Waals surface area contributed by atoms with Crippen LogP contribution in [-0.4, -0.2) is 82.2 Å². The summed E-state index contributed by atoms with van der Waals surface area (Å²) in [5, 5.41) is 19.9. The quantitative estimate of drug-likeness (QED) is 0.0893. The van der Waals surface area contributed by atoms with E-state index in [0.29, 0.717) is 18.3 Å². The Bertz CT molecular complexity index is 1950. The number of halogens is 6. The van der Waals surface area contributed by atoms with Gasteiger partial charge >= 0.3 is 29.9 Å². The Balaban J connectivity index is 0.000000433. The molecule has 4 N–H and O–H groups in total. The molecule has 0 saturated carbocycles. The van der Waals surface area contributed by atoms with Crippen molar-refractivity contribution in [3.05, 3.63) is 95.4 Å². The molecule has 17 heteroatoms. The van der Waals surface area contributed by atoms with Crippen molar-refractivity contribution >= 4 is 35.0 Å². The largest absolute Gasteiger partial charge is 0.480 e. The molecule has 1 saturated heterocycles. The number of aliphatic carboxylic acids is 1. The first-order valence-electron chi connectivity index (χ1n) is 18.0. The van der Waals surface area contributed by atoms with E-state index in [1.807, 2.05) is 30.3 Å². The van der Waals surface area contributed by atoms with Crippen molar-refractivity contribution < 1.29 is 45.8 Å². The van der Waals surface area contributed by atoms with E-state index in [0.717, 1.165) is 79.2 Å². The third-order valence-corrected chi connectivity index (χ3v) is 9.51. The molecule has 11 nitrogen and oxygen atoms in total. The standard InChI is InChI=1S/C35H41N7O2.C4F6O2/c1-2-29-33(38-22-31(35(43)44)37-21-24-10-12-26(13-11-24)25-7-4-3-5-8-25)39-23-40-34(29)42-19-16-27(17-20-42)30-15-14-28-9-6-18-36-32(28)41-30;5-3(6,7)1(11)2(12)4(8,9)10/h3-5,7-8,10-15,23,27,31,37H,2,6,9,16-22H2,1H3,(H,36,41)(H,43,44)(H,38,39,40);/t31-;/m0./s1. The molecule has 0 bridgehead atoms. The predicted octanol–water partition coefficient (Wildman–Crippen LogP) is 6.75. The molecule has 0 spiro atoms. The molecule has 2 aromatic carbocycles. The van der Waals surface area contributed by atoms with E-state index >= 15 is 0 Å². The van der Waals surface area contributed by atoms with Crippen LogP contribution < -0.4 is 20.9 Å². The topological polar surface area (TPSA) is 149 Å². The lowest BCUT2D eigenvalue weighted by Gasteiger charge is -2.34. The van der Waals surface area contributed by atoms with Crippen molar-refractivity contribution in [3.8, 4) is 11.1 Å². The number of carboxylic acid groups (broad SMARTS) is 1. The average Bonchev–Trinajstić information content (AvgIpc) is 3.20. The highest BCUT2D eigenvalue weighted by Gasteiger charge is 2.54. The zero-order chi connectivity index (χ0) is 40.5. The fourth-order valence-electron chi connectivity index (χ4n) is 6.50. The SMILES string of the molecule is CCc1c(NC[C@H](NCc2ccc(-c3ccccc3)cc2)C(=O)O)ncnc1N1CCC(c2ccc3c(n2)NCCC3)CC1.O=C(C(=O)C(F)(F)F)C(F)(F)F. The maximum atomic E-state index is 12.1. The van der Waals surface area contributed by atoms with Crippen LogP contribution in [0.15, 0.2) is 73.1 Å². The van der Waals surface area contributed by atoms with Crippen LogP contribution in [0.1, 0.15) is 54.5 Å². The van der Waals surface area contributed by atoms with E-state index in [4.69, 9.17) is 4.98 Å². The Morgan fingerprint density at radius 1 is 0.893 bits per heavy atom. The number of aromatic nitrogens is 3. The molecular weight excluding hydrogens is 744 g/mol. The fourth-order valence-corrected chi connectivity index (χ4v) is 6.50. The summed E-state index contributed by atoms with van der Waals surface area (Å²) in [5.74, 6) is -4.60. The summed E-state index contributed by atoms with van der Waals surface area (Å²) in [6.45, 7) is 5.54. The number of hydrogen-bond acceptors (Lipinski definition) is 10. The number of carbonyl (C=O) groups excluding carboxylic acids is 2. The van der Waals surface area contributed by atoms with E-state index in [2.05, 4.69) is 74.1 Å². The zero-order valence-corrected chi connectivity index (χ0v) is 30.4. The molecule has 2 aliphatic heterocycles. The monoisotopic (exact) mass is 785 g/mol. The van der Waals surface area contributed by atoms with Crippen LogP contribution in [0.3, 0.4) is 0 Å². The number of Topliss-reactive ketones (excluding diaryl/α,β-unsaturated/α-hetero) is 2. The van der Waals surface area contributed by atoms with E-state index in [1.54, 1.807) is 6.33 Å². The average molecular weight is 786 g/mol. The van der Waals surface area contributed by atoms with Gasteiger partial charge in [-0.15, -0.1) is 0 Å². The molecule has 298 valence electrons.